The molecule has 0 aromatic carbocycles. The summed E-state index contributed by atoms with van der Waals surface area (Å²) in [5.74, 6) is 0.0578. The van der Waals surface area contributed by atoms with E-state index >= 15 is 0 Å². The Morgan fingerprint density at radius 1 is 1.29 bits per heavy atom. The average molecular weight is 391 g/mol. The Morgan fingerprint density at radius 2 is 2.00 bits per heavy atom. The van der Waals surface area contributed by atoms with Gasteiger partial charge in [0.15, 0.2) is 0 Å². The highest BCUT2D eigenvalue weighted by Gasteiger charge is 2.44. The van der Waals surface area contributed by atoms with Gasteiger partial charge in [0.05, 0.1) is 5.92 Å². The minimum atomic E-state index is -0.826. The Morgan fingerprint density at radius 3 is 2.61 bits per heavy atom. The minimum Gasteiger partial charge on any atom is -0.481 e. The van der Waals surface area contributed by atoms with Crippen LogP contribution in [0.4, 0.5) is 0 Å². The van der Waals surface area contributed by atoms with E-state index in [9.17, 15) is 9.90 Å². The van der Waals surface area contributed by atoms with Crippen molar-refractivity contribution in [2.24, 2.45) is 23.2 Å². The molecule has 2 unspecified atom stereocenters. The number of hydrogen-bond donors (Lipinski definition) is 1. The number of carboxylic acids is 1. The second-order valence-electron chi connectivity index (χ2n) is 10.3. The van der Waals surface area contributed by atoms with Crippen LogP contribution in [0.3, 0.4) is 0 Å². The summed E-state index contributed by atoms with van der Waals surface area (Å²) in [5.41, 5.74) is 4.59. The molecule has 0 aromatic heterocycles. The summed E-state index contributed by atoms with van der Waals surface area (Å²) in [7, 11) is 0. The summed E-state index contributed by atoms with van der Waals surface area (Å²) < 4.78 is 0. The van der Waals surface area contributed by atoms with Crippen molar-refractivity contribution in [1.29, 1.82) is 0 Å². The zero-order valence-electron chi connectivity index (χ0n) is 18.5. The van der Waals surface area contributed by atoms with Gasteiger partial charge in [0, 0.05) is 0 Å². The maximum atomic E-state index is 11.2. The fraction of sp³-hybridized carbons (Fsp3) is 0.792. The van der Waals surface area contributed by atoms with Crippen molar-refractivity contribution in [2.75, 3.05) is 0 Å². The summed E-state index contributed by atoms with van der Waals surface area (Å²) >= 11 is 0. The van der Waals surface area contributed by atoms with Crippen LogP contribution >= 0.6 is 0 Å². The fourth-order valence-corrected chi connectivity index (χ4v) is 5.81. The Hall–Kier alpha value is -1.13. The van der Waals surface area contributed by atoms with E-state index in [2.05, 4.69) is 40.7 Å². The number of carboxylic acid groups (broad SMARTS) is 1. The number of carbonyl (C=O) groups is 1. The molecule has 0 radical (unpaired) electrons. The Bertz CT molecular complexity index is 664. The first-order valence-corrected chi connectivity index (χ1v) is 11.0. The average Bonchev–Trinajstić information content (AvgIpc) is 2.60. The van der Waals surface area contributed by atoms with E-state index in [1.165, 1.54) is 19.3 Å². The quantitative estimate of drug-likeness (QED) is 0.457. The predicted octanol–water partition coefficient (Wildman–Crippen LogP) is 6.08. The van der Waals surface area contributed by atoms with Gasteiger partial charge in [-0.3, -0.25) is 4.79 Å². The summed E-state index contributed by atoms with van der Waals surface area (Å²) in [6, 6.07) is 0. The lowest BCUT2D eigenvalue weighted by atomic mass is 9.57. The van der Waals surface area contributed by atoms with E-state index < -0.39 is 11.9 Å². The van der Waals surface area contributed by atoms with Gasteiger partial charge < -0.3 is 5.11 Å². The van der Waals surface area contributed by atoms with E-state index in [4.69, 9.17) is 9.78 Å². The number of rotatable bonds is 5. The SMILES string of the molecule is CC1=CC2CC(C)=C(CC[C@]3(C)CC[C@H]([C@H](C)C(=O)O)OO3)C(C)(C)C2CC1. The van der Waals surface area contributed by atoms with Crippen molar-refractivity contribution in [1.82, 2.24) is 0 Å². The van der Waals surface area contributed by atoms with E-state index in [1.807, 2.05) is 0 Å². The highest BCUT2D eigenvalue weighted by atomic mass is 17.2. The topological polar surface area (TPSA) is 55.8 Å². The Labute approximate surface area is 170 Å². The highest BCUT2D eigenvalue weighted by molar-refractivity contribution is 5.70. The molecule has 3 aliphatic rings. The first kappa shape index (κ1) is 21.6. The lowest BCUT2D eigenvalue weighted by molar-refractivity contribution is -0.411. The molecule has 0 spiro atoms. The smallest absolute Gasteiger partial charge is 0.308 e. The largest absolute Gasteiger partial charge is 0.481 e. The number of aliphatic carboxylic acids is 1. The van der Waals surface area contributed by atoms with Gasteiger partial charge in [0.25, 0.3) is 0 Å². The third-order valence-electron chi connectivity index (χ3n) is 7.81. The second-order valence-corrected chi connectivity index (χ2v) is 10.3. The summed E-state index contributed by atoms with van der Waals surface area (Å²) in [6.07, 6.45) is 9.42. The molecule has 0 amide bonds. The number of fused-ring (bicyclic) bond motifs is 1. The molecule has 2 aliphatic carbocycles. The molecule has 1 saturated heterocycles. The van der Waals surface area contributed by atoms with Crippen LogP contribution in [-0.2, 0) is 14.6 Å². The second kappa shape index (κ2) is 7.95. The van der Waals surface area contributed by atoms with Gasteiger partial charge in [-0.05, 0) is 89.9 Å². The van der Waals surface area contributed by atoms with E-state index in [-0.39, 0.29) is 17.1 Å². The van der Waals surface area contributed by atoms with Crippen LogP contribution in [0, 0.1) is 23.2 Å². The van der Waals surface area contributed by atoms with Crippen molar-refractivity contribution in [2.45, 2.75) is 98.2 Å². The standard InChI is InChI=1S/C24H38O4/c1-15-7-8-20-18(13-15)14-16(2)19(23(20,4)5)9-11-24(6)12-10-21(27-28-24)17(3)22(25)26/h13,17-18,20-21H,7-12,14H2,1-6H3,(H,25,26)/t17-,18?,20?,21+,24+/m0/s1. The molecular formula is C24H38O4. The van der Waals surface area contributed by atoms with Crippen LogP contribution in [0.2, 0.25) is 0 Å². The lowest BCUT2D eigenvalue weighted by Gasteiger charge is -2.48. The molecule has 1 heterocycles. The molecule has 28 heavy (non-hydrogen) atoms. The van der Waals surface area contributed by atoms with Crippen LogP contribution in [0.15, 0.2) is 22.8 Å². The maximum Gasteiger partial charge on any atom is 0.308 e. The summed E-state index contributed by atoms with van der Waals surface area (Å²) in [6.45, 7) is 13.3. The molecular weight excluding hydrogens is 352 g/mol. The molecule has 0 aromatic rings. The van der Waals surface area contributed by atoms with Crippen LogP contribution < -0.4 is 0 Å². The van der Waals surface area contributed by atoms with Crippen molar-refractivity contribution >= 4 is 5.97 Å². The molecule has 1 aliphatic heterocycles. The molecule has 4 nitrogen and oxygen atoms in total. The fourth-order valence-electron chi connectivity index (χ4n) is 5.81. The van der Waals surface area contributed by atoms with Crippen LogP contribution in [0.5, 0.6) is 0 Å². The molecule has 1 fully saturated rings. The van der Waals surface area contributed by atoms with Crippen LogP contribution in [-0.4, -0.2) is 22.8 Å². The monoisotopic (exact) mass is 390 g/mol. The van der Waals surface area contributed by atoms with Gasteiger partial charge in [0.2, 0.25) is 0 Å². The van der Waals surface area contributed by atoms with E-state index in [1.54, 1.807) is 23.6 Å². The first-order valence-electron chi connectivity index (χ1n) is 11.0. The van der Waals surface area contributed by atoms with Gasteiger partial charge >= 0.3 is 5.97 Å². The normalized spacial score (nSPS) is 36.5. The first-order chi connectivity index (χ1) is 13.0. The molecule has 4 heteroatoms. The third-order valence-corrected chi connectivity index (χ3v) is 7.81. The highest BCUT2D eigenvalue weighted by Crippen LogP contribution is 2.54. The molecule has 1 N–H and O–H groups in total. The Kier molecular flexibility index (Phi) is 6.12. The minimum absolute atomic E-state index is 0.219. The number of hydrogen-bond acceptors (Lipinski definition) is 3. The van der Waals surface area contributed by atoms with Gasteiger partial charge in [-0.25, -0.2) is 9.78 Å². The van der Waals surface area contributed by atoms with Crippen LogP contribution in [0.25, 0.3) is 0 Å². The van der Waals surface area contributed by atoms with Gasteiger partial charge in [-0.1, -0.05) is 36.6 Å². The number of allylic oxidation sites excluding steroid dienone is 4. The van der Waals surface area contributed by atoms with E-state index in [0.717, 1.165) is 31.6 Å². The maximum absolute atomic E-state index is 11.2. The molecule has 0 saturated carbocycles. The predicted molar refractivity (Wildman–Crippen MR) is 111 cm³/mol. The van der Waals surface area contributed by atoms with Crippen molar-refractivity contribution in [3.8, 4) is 0 Å². The Balaban J connectivity index is 1.65. The molecule has 5 atom stereocenters. The van der Waals surface area contributed by atoms with Gasteiger partial charge in [0.1, 0.15) is 11.7 Å². The van der Waals surface area contributed by atoms with Gasteiger partial charge in [-0.2, -0.15) is 0 Å². The van der Waals surface area contributed by atoms with Crippen molar-refractivity contribution in [3.63, 3.8) is 0 Å². The zero-order valence-corrected chi connectivity index (χ0v) is 18.5. The van der Waals surface area contributed by atoms with Crippen molar-refractivity contribution in [3.05, 3.63) is 22.8 Å². The molecule has 3 rings (SSSR count). The summed E-state index contributed by atoms with van der Waals surface area (Å²) in [5, 5.41) is 9.19. The third kappa shape index (κ3) is 4.23. The van der Waals surface area contributed by atoms with Gasteiger partial charge in [-0.15, -0.1) is 0 Å². The molecule has 0 bridgehead atoms. The molecule has 158 valence electrons. The van der Waals surface area contributed by atoms with Crippen molar-refractivity contribution < 1.29 is 19.7 Å². The van der Waals surface area contributed by atoms with Crippen LogP contribution in [0.1, 0.15) is 86.5 Å². The summed E-state index contributed by atoms with van der Waals surface area (Å²) in [4.78, 5) is 22.5. The lowest BCUT2D eigenvalue weighted by Crippen LogP contribution is -2.42. The zero-order chi connectivity index (χ0) is 20.7. The van der Waals surface area contributed by atoms with E-state index in [0.29, 0.717) is 5.92 Å².